The zero-order valence-electron chi connectivity index (χ0n) is 14.5. The van der Waals surface area contributed by atoms with Gasteiger partial charge in [0.25, 0.3) is 0 Å². The minimum atomic E-state index is -0.780. The minimum Gasteiger partial charge on any atom is -0.324 e. The summed E-state index contributed by atoms with van der Waals surface area (Å²) in [5.74, 6) is -1.11. The second kappa shape index (κ2) is 6.38. The van der Waals surface area contributed by atoms with Crippen LogP contribution in [0.1, 0.15) is 43.7 Å². The molecule has 1 heterocycles. The zero-order valence-corrected chi connectivity index (χ0v) is 14.5. The number of carbonyl (C=O) groups is 3. The molecule has 128 valence electrons. The van der Waals surface area contributed by atoms with Crippen LogP contribution in [0.15, 0.2) is 18.2 Å². The van der Waals surface area contributed by atoms with Gasteiger partial charge in [0.15, 0.2) is 0 Å². The number of amides is 3. The summed E-state index contributed by atoms with van der Waals surface area (Å²) in [5.41, 5.74) is 2.92. The number of benzene rings is 1. The Labute approximate surface area is 142 Å². The molecule has 5 nitrogen and oxygen atoms in total. The van der Waals surface area contributed by atoms with Gasteiger partial charge in [-0.15, -0.1) is 0 Å². The normalized spacial score (nSPS) is 24.7. The highest BCUT2D eigenvalue weighted by Gasteiger charge is 2.50. The molecule has 0 radical (unpaired) electrons. The summed E-state index contributed by atoms with van der Waals surface area (Å²) in [6.07, 6.45) is 3.49. The summed E-state index contributed by atoms with van der Waals surface area (Å²) in [6, 6.07) is 4.89. The van der Waals surface area contributed by atoms with Crippen molar-refractivity contribution in [2.45, 2.75) is 52.5 Å². The maximum Gasteiger partial charge on any atom is 0.247 e. The van der Waals surface area contributed by atoms with Crippen LogP contribution in [0.4, 0.5) is 5.69 Å². The maximum absolute atomic E-state index is 12.6. The monoisotopic (exact) mass is 328 g/mol. The fourth-order valence-electron chi connectivity index (χ4n) is 3.75. The molecule has 5 heteroatoms. The van der Waals surface area contributed by atoms with Gasteiger partial charge in [0.05, 0.1) is 11.8 Å². The van der Waals surface area contributed by atoms with Crippen LogP contribution in [-0.2, 0) is 14.4 Å². The number of anilines is 1. The molecule has 1 aromatic carbocycles. The molecule has 1 aliphatic carbocycles. The van der Waals surface area contributed by atoms with E-state index in [2.05, 4.69) is 5.32 Å². The second-order valence-electron chi connectivity index (χ2n) is 7.01. The summed E-state index contributed by atoms with van der Waals surface area (Å²) in [4.78, 5) is 38.9. The molecule has 3 rings (SSSR count). The standard InChI is InChI=1S/C19H24N2O3/c1-11-8-9-14(10-12(11)2)20-17(22)13(3)21-18(23)15-6-4-5-7-16(15)19(21)24/h8-10,13,15-16H,4-7H2,1-3H3,(H,20,22). The lowest BCUT2D eigenvalue weighted by atomic mass is 9.81. The van der Waals surface area contributed by atoms with Crippen LogP contribution in [0.3, 0.4) is 0 Å². The Morgan fingerprint density at radius 1 is 1.08 bits per heavy atom. The summed E-state index contributed by atoms with van der Waals surface area (Å²) < 4.78 is 0. The predicted octanol–water partition coefficient (Wildman–Crippen LogP) is 2.81. The van der Waals surface area contributed by atoms with Gasteiger partial charge in [0.1, 0.15) is 6.04 Å². The number of hydrogen-bond donors (Lipinski definition) is 1. The Kier molecular flexibility index (Phi) is 4.43. The lowest BCUT2D eigenvalue weighted by molar-refractivity contribution is -0.146. The van der Waals surface area contributed by atoms with Gasteiger partial charge in [-0.05, 0) is 56.9 Å². The zero-order chi connectivity index (χ0) is 17.4. The third-order valence-corrected chi connectivity index (χ3v) is 5.42. The third-order valence-electron chi connectivity index (χ3n) is 5.42. The molecule has 3 atom stereocenters. The van der Waals surface area contributed by atoms with E-state index >= 15 is 0 Å². The van der Waals surface area contributed by atoms with E-state index < -0.39 is 6.04 Å². The fourth-order valence-corrected chi connectivity index (χ4v) is 3.75. The highest BCUT2D eigenvalue weighted by atomic mass is 16.2. The second-order valence-corrected chi connectivity index (χ2v) is 7.01. The molecular formula is C19H24N2O3. The first kappa shape index (κ1) is 16.7. The first-order valence-electron chi connectivity index (χ1n) is 8.65. The Hall–Kier alpha value is -2.17. The molecule has 1 aliphatic heterocycles. The van der Waals surface area contributed by atoms with Gasteiger partial charge in [-0.25, -0.2) is 0 Å². The highest BCUT2D eigenvalue weighted by Crippen LogP contribution is 2.38. The Morgan fingerprint density at radius 3 is 2.21 bits per heavy atom. The van der Waals surface area contributed by atoms with Crippen molar-refractivity contribution < 1.29 is 14.4 Å². The number of aryl methyl sites for hydroxylation is 2. The first-order valence-corrected chi connectivity index (χ1v) is 8.65. The van der Waals surface area contributed by atoms with Crippen LogP contribution >= 0.6 is 0 Å². The van der Waals surface area contributed by atoms with E-state index in [-0.39, 0.29) is 29.6 Å². The predicted molar refractivity (Wildman–Crippen MR) is 91.3 cm³/mol. The minimum absolute atomic E-state index is 0.174. The smallest absolute Gasteiger partial charge is 0.247 e. The Bertz CT molecular complexity index is 674. The van der Waals surface area contributed by atoms with Crippen molar-refractivity contribution in [2.24, 2.45) is 11.8 Å². The summed E-state index contributed by atoms with van der Waals surface area (Å²) >= 11 is 0. The molecule has 1 saturated carbocycles. The number of likely N-dealkylation sites (tertiary alicyclic amines) is 1. The van der Waals surface area contributed by atoms with Crippen LogP contribution < -0.4 is 5.32 Å². The molecule has 1 saturated heterocycles. The lowest BCUT2D eigenvalue weighted by Gasteiger charge is -2.22. The molecular weight excluding hydrogens is 304 g/mol. The van der Waals surface area contributed by atoms with Gasteiger partial charge < -0.3 is 5.32 Å². The number of nitrogens with one attached hydrogen (secondary N) is 1. The topological polar surface area (TPSA) is 66.5 Å². The molecule has 3 unspecified atom stereocenters. The van der Waals surface area contributed by atoms with Gasteiger partial charge in [-0.2, -0.15) is 0 Å². The molecule has 0 spiro atoms. The highest BCUT2D eigenvalue weighted by molar-refractivity contribution is 6.09. The molecule has 2 fully saturated rings. The van der Waals surface area contributed by atoms with Crippen molar-refractivity contribution in [3.8, 4) is 0 Å². The van der Waals surface area contributed by atoms with E-state index in [9.17, 15) is 14.4 Å². The largest absolute Gasteiger partial charge is 0.324 e. The number of rotatable bonds is 3. The van der Waals surface area contributed by atoms with Crippen LogP contribution in [0.25, 0.3) is 0 Å². The SMILES string of the molecule is Cc1ccc(NC(=O)C(C)N2C(=O)C3CCCCC3C2=O)cc1C. The van der Waals surface area contributed by atoms with Gasteiger partial charge in [0.2, 0.25) is 17.7 Å². The van der Waals surface area contributed by atoms with E-state index in [0.717, 1.165) is 36.8 Å². The van der Waals surface area contributed by atoms with Crippen LogP contribution in [0.5, 0.6) is 0 Å². The average molecular weight is 328 g/mol. The number of nitrogens with zero attached hydrogens (tertiary/aromatic N) is 1. The average Bonchev–Trinajstić information content (AvgIpc) is 2.82. The van der Waals surface area contributed by atoms with Gasteiger partial charge in [-0.3, -0.25) is 19.3 Å². The van der Waals surface area contributed by atoms with Crippen molar-refractivity contribution >= 4 is 23.4 Å². The molecule has 0 aromatic heterocycles. The van der Waals surface area contributed by atoms with E-state index in [1.165, 1.54) is 4.90 Å². The van der Waals surface area contributed by atoms with Gasteiger partial charge in [0, 0.05) is 5.69 Å². The van der Waals surface area contributed by atoms with Gasteiger partial charge >= 0.3 is 0 Å². The van der Waals surface area contributed by atoms with Gasteiger partial charge in [-0.1, -0.05) is 18.9 Å². The van der Waals surface area contributed by atoms with Crippen molar-refractivity contribution in [2.75, 3.05) is 5.32 Å². The van der Waals surface area contributed by atoms with E-state index in [4.69, 9.17) is 0 Å². The molecule has 2 aliphatic rings. The summed E-state index contributed by atoms with van der Waals surface area (Å²) in [5, 5.41) is 2.82. The summed E-state index contributed by atoms with van der Waals surface area (Å²) in [6.45, 7) is 5.61. The number of imide groups is 1. The summed E-state index contributed by atoms with van der Waals surface area (Å²) in [7, 11) is 0. The molecule has 1 N–H and O–H groups in total. The third kappa shape index (κ3) is 2.83. The van der Waals surface area contributed by atoms with Crippen molar-refractivity contribution in [3.63, 3.8) is 0 Å². The van der Waals surface area contributed by atoms with E-state index in [1.807, 2.05) is 32.0 Å². The maximum atomic E-state index is 12.6. The Morgan fingerprint density at radius 2 is 1.67 bits per heavy atom. The van der Waals surface area contributed by atoms with Crippen LogP contribution in [0.2, 0.25) is 0 Å². The number of carbonyl (C=O) groups excluding carboxylic acids is 3. The number of hydrogen-bond acceptors (Lipinski definition) is 3. The van der Waals surface area contributed by atoms with Crippen LogP contribution in [0, 0.1) is 25.7 Å². The van der Waals surface area contributed by atoms with E-state index in [0.29, 0.717) is 5.69 Å². The first-order chi connectivity index (χ1) is 11.4. The molecule has 3 amide bonds. The van der Waals surface area contributed by atoms with Crippen LogP contribution in [-0.4, -0.2) is 28.7 Å². The van der Waals surface area contributed by atoms with E-state index in [1.54, 1.807) is 6.92 Å². The van der Waals surface area contributed by atoms with Crippen molar-refractivity contribution in [1.29, 1.82) is 0 Å². The molecule has 1 aromatic rings. The molecule has 24 heavy (non-hydrogen) atoms. The fraction of sp³-hybridized carbons (Fsp3) is 0.526. The van der Waals surface area contributed by atoms with Crippen molar-refractivity contribution in [3.05, 3.63) is 29.3 Å². The quantitative estimate of drug-likeness (QED) is 0.868. The lowest BCUT2D eigenvalue weighted by Crippen LogP contribution is -2.46. The number of fused-ring (bicyclic) bond motifs is 1. The Balaban J connectivity index is 1.74. The van der Waals surface area contributed by atoms with Crippen molar-refractivity contribution in [1.82, 2.24) is 4.90 Å². The molecule has 0 bridgehead atoms.